The highest BCUT2D eigenvalue weighted by molar-refractivity contribution is 6.40. The van der Waals surface area contributed by atoms with Gasteiger partial charge in [0.15, 0.2) is 0 Å². The van der Waals surface area contributed by atoms with Crippen molar-refractivity contribution in [2.24, 2.45) is 0 Å². The molecule has 2 rings (SSSR count). The molecule has 5 nitrogen and oxygen atoms in total. The van der Waals surface area contributed by atoms with E-state index in [2.05, 4.69) is 5.32 Å². The van der Waals surface area contributed by atoms with Gasteiger partial charge in [0.1, 0.15) is 0 Å². The fourth-order valence-electron chi connectivity index (χ4n) is 2.30. The monoisotopic (exact) mass is 326 g/mol. The van der Waals surface area contributed by atoms with E-state index in [4.69, 9.17) is 4.74 Å². The van der Waals surface area contributed by atoms with Crippen LogP contribution in [0, 0.1) is 6.92 Å². The third-order valence-electron chi connectivity index (χ3n) is 3.82. The Morgan fingerprint density at radius 3 is 2.29 bits per heavy atom. The van der Waals surface area contributed by atoms with Crippen LogP contribution < -0.4 is 10.2 Å². The van der Waals surface area contributed by atoms with Crippen molar-refractivity contribution >= 4 is 17.5 Å². The molecule has 1 N–H and O–H groups in total. The Kier molecular flexibility index (Phi) is 6.09. The van der Waals surface area contributed by atoms with E-state index in [1.165, 1.54) is 4.90 Å². The number of carbonyl (C=O) groups is 2. The molecule has 2 amide bonds. The van der Waals surface area contributed by atoms with Gasteiger partial charge in [0.2, 0.25) is 0 Å². The summed E-state index contributed by atoms with van der Waals surface area (Å²) < 4.78 is 5.39. The lowest BCUT2D eigenvalue weighted by atomic mass is 10.1. The van der Waals surface area contributed by atoms with Crippen molar-refractivity contribution in [3.63, 3.8) is 0 Å². The Balaban J connectivity index is 1.96. The predicted molar refractivity (Wildman–Crippen MR) is 93.8 cm³/mol. The lowest BCUT2D eigenvalue weighted by Gasteiger charge is -2.19. The van der Waals surface area contributed by atoms with E-state index in [0.717, 1.165) is 11.1 Å². The summed E-state index contributed by atoms with van der Waals surface area (Å²) >= 11 is 0. The first-order valence-corrected chi connectivity index (χ1v) is 7.73. The first-order valence-electron chi connectivity index (χ1n) is 7.73. The largest absolute Gasteiger partial charge is 0.375 e. The number of nitrogens with one attached hydrogen (secondary N) is 1. The summed E-state index contributed by atoms with van der Waals surface area (Å²) in [5.74, 6) is -1.27. The number of rotatable bonds is 5. The van der Waals surface area contributed by atoms with Gasteiger partial charge in [0.25, 0.3) is 0 Å². The summed E-state index contributed by atoms with van der Waals surface area (Å²) in [5, 5.41) is 2.64. The van der Waals surface area contributed by atoms with Crippen LogP contribution in [0.1, 0.15) is 17.2 Å². The highest BCUT2D eigenvalue weighted by Gasteiger charge is 2.21. The number of ether oxygens (including phenoxy) is 1. The minimum absolute atomic E-state index is 0.229. The number of anilines is 1. The normalized spacial score (nSPS) is 11.6. The number of methoxy groups -OCH3 is 1. The minimum atomic E-state index is -0.656. The van der Waals surface area contributed by atoms with Crippen LogP contribution in [-0.2, 0) is 14.3 Å². The van der Waals surface area contributed by atoms with Gasteiger partial charge >= 0.3 is 11.8 Å². The lowest BCUT2D eigenvalue weighted by Crippen LogP contribution is -2.42. The molecule has 2 aromatic carbocycles. The van der Waals surface area contributed by atoms with Gasteiger partial charge in [-0.15, -0.1) is 0 Å². The second-order valence-electron chi connectivity index (χ2n) is 5.54. The molecule has 126 valence electrons. The lowest BCUT2D eigenvalue weighted by molar-refractivity contribution is -0.137. The second-order valence-corrected chi connectivity index (χ2v) is 5.54. The smallest absolute Gasteiger partial charge is 0.316 e. The summed E-state index contributed by atoms with van der Waals surface area (Å²) in [4.78, 5) is 25.7. The number of carbonyl (C=O) groups excluding carboxylic acids is 2. The molecule has 0 aliphatic heterocycles. The van der Waals surface area contributed by atoms with Crippen LogP contribution in [0.3, 0.4) is 0 Å². The zero-order chi connectivity index (χ0) is 17.5. The third-order valence-corrected chi connectivity index (χ3v) is 3.82. The number of hydrogen-bond donors (Lipinski definition) is 1. The van der Waals surface area contributed by atoms with Crippen molar-refractivity contribution in [1.29, 1.82) is 0 Å². The Hall–Kier alpha value is -2.66. The van der Waals surface area contributed by atoms with E-state index in [1.54, 1.807) is 14.2 Å². The number of aryl methyl sites for hydroxylation is 1. The molecular formula is C19H22N2O3. The molecule has 1 atom stereocenters. The molecule has 0 aliphatic rings. The van der Waals surface area contributed by atoms with Crippen LogP contribution >= 0.6 is 0 Å². The Morgan fingerprint density at radius 1 is 1.08 bits per heavy atom. The fourth-order valence-corrected chi connectivity index (χ4v) is 2.30. The molecule has 0 heterocycles. The second kappa shape index (κ2) is 8.26. The molecule has 0 fully saturated rings. The maximum atomic E-state index is 12.2. The van der Waals surface area contributed by atoms with Gasteiger partial charge in [-0.1, -0.05) is 48.0 Å². The van der Waals surface area contributed by atoms with Crippen LogP contribution in [0.4, 0.5) is 5.69 Å². The third kappa shape index (κ3) is 4.43. The quantitative estimate of drug-likeness (QED) is 0.859. The van der Waals surface area contributed by atoms with Gasteiger partial charge < -0.3 is 15.0 Å². The molecule has 0 unspecified atom stereocenters. The maximum Gasteiger partial charge on any atom is 0.316 e. The summed E-state index contributed by atoms with van der Waals surface area (Å²) in [6.07, 6.45) is -0.298. The first-order chi connectivity index (χ1) is 11.5. The van der Waals surface area contributed by atoms with Crippen LogP contribution in [0.25, 0.3) is 0 Å². The van der Waals surface area contributed by atoms with Crippen molar-refractivity contribution in [3.8, 4) is 0 Å². The van der Waals surface area contributed by atoms with E-state index < -0.39 is 11.8 Å². The van der Waals surface area contributed by atoms with Crippen molar-refractivity contribution in [2.75, 3.05) is 25.6 Å². The summed E-state index contributed by atoms with van der Waals surface area (Å²) in [5.41, 5.74) is 2.71. The molecule has 0 radical (unpaired) electrons. The molecule has 0 saturated carbocycles. The molecule has 0 aromatic heterocycles. The van der Waals surface area contributed by atoms with E-state index >= 15 is 0 Å². The van der Waals surface area contributed by atoms with Gasteiger partial charge in [-0.2, -0.15) is 0 Å². The molecule has 0 spiro atoms. The van der Waals surface area contributed by atoms with Crippen molar-refractivity contribution in [1.82, 2.24) is 5.32 Å². The number of nitrogens with zero attached hydrogens (tertiary/aromatic N) is 1. The summed E-state index contributed by atoms with van der Waals surface area (Å²) in [6.45, 7) is 2.19. The number of amides is 2. The summed E-state index contributed by atoms with van der Waals surface area (Å²) in [7, 11) is 3.15. The van der Waals surface area contributed by atoms with Crippen LogP contribution in [0.15, 0.2) is 54.6 Å². The van der Waals surface area contributed by atoms with E-state index in [1.807, 2.05) is 61.5 Å². The van der Waals surface area contributed by atoms with Crippen molar-refractivity contribution < 1.29 is 14.3 Å². The SMILES string of the molecule is CO[C@@H](CNC(=O)C(=O)N(C)c1ccc(C)cc1)c1ccccc1. The predicted octanol–water partition coefficient (Wildman–Crippen LogP) is 2.46. The van der Waals surface area contributed by atoms with Crippen LogP contribution in [-0.4, -0.2) is 32.5 Å². The number of benzene rings is 2. The number of hydrogen-bond acceptors (Lipinski definition) is 3. The molecule has 0 bridgehead atoms. The van der Waals surface area contributed by atoms with Gasteiger partial charge in [-0.05, 0) is 24.6 Å². The average Bonchev–Trinajstić information content (AvgIpc) is 2.62. The number of likely N-dealkylation sites (N-methyl/N-ethyl adjacent to an activating group) is 1. The van der Waals surface area contributed by atoms with Gasteiger partial charge in [0.05, 0.1) is 6.10 Å². The first kappa shape index (κ1) is 17.7. The topological polar surface area (TPSA) is 58.6 Å². The Morgan fingerprint density at radius 2 is 1.71 bits per heavy atom. The van der Waals surface area contributed by atoms with Crippen LogP contribution in [0.2, 0.25) is 0 Å². The molecule has 0 saturated heterocycles. The van der Waals surface area contributed by atoms with E-state index in [0.29, 0.717) is 5.69 Å². The minimum Gasteiger partial charge on any atom is -0.375 e. The van der Waals surface area contributed by atoms with Crippen LogP contribution in [0.5, 0.6) is 0 Å². The van der Waals surface area contributed by atoms with E-state index in [-0.39, 0.29) is 12.6 Å². The zero-order valence-electron chi connectivity index (χ0n) is 14.2. The van der Waals surface area contributed by atoms with Crippen molar-refractivity contribution in [2.45, 2.75) is 13.0 Å². The molecule has 0 aliphatic carbocycles. The maximum absolute atomic E-state index is 12.2. The van der Waals surface area contributed by atoms with Gasteiger partial charge in [-0.3, -0.25) is 9.59 Å². The molecule has 5 heteroatoms. The zero-order valence-corrected chi connectivity index (χ0v) is 14.2. The molecular weight excluding hydrogens is 304 g/mol. The standard InChI is InChI=1S/C19H22N2O3/c1-14-9-11-16(12-10-14)21(2)19(23)18(22)20-13-17(24-3)15-7-5-4-6-8-15/h4-12,17H,13H2,1-3H3,(H,20,22)/t17-/m0/s1. The molecule has 24 heavy (non-hydrogen) atoms. The van der Waals surface area contributed by atoms with Gasteiger partial charge in [0, 0.05) is 26.4 Å². The fraction of sp³-hybridized carbons (Fsp3) is 0.263. The van der Waals surface area contributed by atoms with E-state index in [9.17, 15) is 9.59 Å². The summed E-state index contributed by atoms with van der Waals surface area (Å²) in [6, 6.07) is 17.0. The van der Waals surface area contributed by atoms with Crippen molar-refractivity contribution in [3.05, 3.63) is 65.7 Å². The highest BCUT2D eigenvalue weighted by atomic mass is 16.5. The Bertz CT molecular complexity index is 684. The average molecular weight is 326 g/mol. The highest BCUT2D eigenvalue weighted by Crippen LogP contribution is 2.16. The Labute approximate surface area is 142 Å². The molecule has 2 aromatic rings. The van der Waals surface area contributed by atoms with Gasteiger partial charge in [-0.25, -0.2) is 0 Å².